The van der Waals surface area contributed by atoms with Gasteiger partial charge in [-0.15, -0.1) is 0 Å². The van der Waals surface area contributed by atoms with E-state index in [1.54, 1.807) is 0 Å². The summed E-state index contributed by atoms with van der Waals surface area (Å²) in [6.07, 6.45) is 8.14. The molecule has 18 heavy (non-hydrogen) atoms. The number of hydrogen-bond donors (Lipinski definition) is 0. The highest BCUT2D eigenvalue weighted by Gasteiger charge is 2.18. The van der Waals surface area contributed by atoms with Crippen molar-refractivity contribution in [2.24, 2.45) is 5.10 Å². The lowest BCUT2D eigenvalue weighted by atomic mass is 10.2. The molecule has 0 aromatic carbocycles. The molecule has 0 aliphatic carbocycles. The van der Waals surface area contributed by atoms with Crippen molar-refractivity contribution in [3.05, 3.63) is 34.1 Å². The predicted octanol–water partition coefficient (Wildman–Crippen LogP) is 5.77. The smallest absolute Gasteiger partial charge is 0.151 e. The first kappa shape index (κ1) is 17.5. The Morgan fingerprint density at radius 3 is 2.61 bits per heavy atom. The first-order valence-corrected chi connectivity index (χ1v) is 7.52. The van der Waals surface area contributed by atoms with Gasteiger partial charge in [0.1, 0.15) is 0 Å². The Morgan fingerprint density at radius 2 is 2.11 bits per heavy atom. The van der Waals surface area contributed by atoms with Crippen LogP contribution in [0, 0.1) is 0 Å². The molecule has 1 aliphatic heterocycles. The quantitative estimate of drug-likeness (QED) is 0.640. The standard InChI is InChI=1S/C12H16BrClN2.C2H6/c1-4-6-7-11-10(13)8-12(14)15-16(11)9(3)5-2;1-2/h5,7-8H,4,6H2,1-3H3;1-2H3/b9-5-,11-7+;. The summed E-state index contributed by atoms with van der Waals surface area (Å²) in [6.45, 7) is 10.2. The molecule has 1 heterocycles. The van der Waals surface area contributed by atoms with Crippen molar-refractivity contribution in [2.75, 3.05) is 0 Å². The first-order chi connectivity index (χ1) is 8.60. The minimum atomic E-state index is 0.488. The molecule has 0 N–H and O–H groups in total. The third-order valence-electron chi connectivity index (χ3n) is 2.29. The van der Waals surface area contributed by atoms with Crippen LogP contribution in [-0.4, -0.2) is 10.2 Å². The Morgan fingerprint density at radius 1 is 1.50 bits per heavy atom. The zero-order chi connectivity index (χ0) is 14.1. The van der Waals surface area contributed by atoms with Crippen molar-refractivity contribution >= 4 is 32.7 Å². The van der Waals surface area contributed by atoms with E-state index in [1.165, 1.54) is 0 Å². The second-order valence-electron chi connectivity index (χ2n) is 3.53. The molecule has 1 rings (SSSR count). The van der Waals surface area contributed by atoms with E-state index in [1.807, 2.05) is 44.9 Å². The van der Waals surface area contributed by atoms with Crippen LogP contribution in [-0.2, 0) is 0 Å². The number of halogens is 2. The Kier molecular flexibility index (Phi) is 9.12. The van der Waals surface area contributed by atoms with Crippen molar-refractivity contribution in [2.45, 2.75) is 47.5 Å². The van der Waals surface area contributed by atoms with Gasteiger partial charge < -0.3 is 0 Å². The number of rotatable bonds is 3. The van der Waals surface area contributed by atoms with Crippen LogP contribution in [0.3, 0.4) is 0 Å². The molecule has 0 amide bonds. The molecule has 0 radical (unpaired) electrons. The molecule has 4 heteroatoms. The van der Waals surface area contributed by atoms with Crippen molar-refractivity contribution < 1.29 is 0 Å². The van der Waals surface area contributed by atoms with E-state index in [4.69, 9.17) is 11.6 Å². The van der Waals surface area contributed by atoms with Gasteiger partial charge in [0.05, 0.1) is 5.70 Å². The van der Waals surface area contributed by atoms with E-state index in [9.17, 15) is 0 Å². The molecule has 0 bridgehead atoms. The van der Waals surface area contributed by atoms with E-state index in [0.717, 1.165) is 28.7 Å². The average Bonchev–Trinajstić information content (AvgIpc) is 2.38. The number of hydrazone groups is 1. The summed E-state index contributed by atoms with van der Waals surface area (Å²) in [5.41, 5.74) is 2.12. The molecule has 102 valence electrons. The monoisotopic (exact) mass is 332 g/mol. The van der Waals surface area contributed by atoms with Gasteiger partial charge in [-0.25, -0.2) is 5.01 Å². The lowest BCUT2D eigenvalue weighted by Crippen LogP contribution is -2.19. The zero-order valence-electron chi connectivity index (χ0n) is 11.8. The summed E-state index contributed by atoms with van der Waals surface area (Å²) in [4.78, 5) is 0. The Labute approximate surface area is 124 Å². The second kappa shape index (κ2) is 9.40. The molecule has 2 nitrogen and oxygen atoms in total. The summed E-state index contributed by atoms with van der Waals surface area (Å²) in [5, 5.41) is 6.66. The van der Waals surface area contributed by atoms with Crippen LogP contribution >= 0.6 is 27.5 Å². The van der Waals surface area contributed by atoms with Crippen LogP contribution in [0.5, 0.6) is 0 Å². The molecule has 0 spiro atoms. The van der Waals surface area contributed by atoms with Gasteiger partial charge in [0.25, 0.3) is 0 Å². The van der Waals surface area contributed by atoms with Gasteiger partial charge in [-0.2, -0.15) is 5.10 Å². The van der Waals surface area contributed by atoms with Gasteiger partial charge in [-0.1, -0.05) is 50.9 Å². The van der Waals surface area contributed by atoms with Gasteiger partial charge in [0, 0.05) is 10.2 Å². The Balaban J connectivity index is 0.00000137. The van der Waals surface area contributed by atoms with Crippen molar-refractivity contribution in [1.29, 1.82) is 0 Å². The van der Waals surface area contributed by atoms with Crippen LogP contribution < -0.4 is 0 Å². The van der Waals surface area contributed by atoms with E-state index < -0.39 is 0 Å². The fourth-order valence-corrected chi connectivity index (χ4v) is 2.18. The Hall–Kier alpha value is -0.540. The maximum Gasteiger partial charge on any atom is 0.151 e. The van der Waals surface area contributed by atoms with E-state index >= 15 is 0 Å². The molecule has 0 saturated carbocycles. The van der Waals surface area contributed by atoms with Gasteiger partial charge in [-0.05, 0) is 42.3 Å². The van der Waals surface area contributed by atoms with Crippen molar-refractivity contribution in [3.8, 4) is 0 Å². The van der Waals surface area contributed by atoms with E-state index in [0.29, 0.717) is 5.17 Å². The van der Waals surface area contributed by atoms with Crippen LogP contribution in [0.15, 0.2) is 39.2 Å². The molecule has 0 aromatic heterocycles. The maximum atomic E-state index is 5.95. The maximum absolute atomic E-state index is 5.95. The molecule has 0 saturated heterocycles. The van der Waals surface area contributed by atoms with Crippen LogP contribution in [0.25, 0.3) is 0 Å². The van der Waals surface area contributed by atoms with E-state index in [2.05, 4.69) is 34.0 Å². The highest BCUT2D eigenvalue weighted by atomic mass is 79.9. The molecular formula is C14H22BrClN2. The number of nitrogens with zero attached hydrogens (tertiary/aromatic N) is 2. The van der Waals surface area contributed by atoms with Crippen LogP contribution in [0.1, 0.15) is 47.5 Å². The van der Waals surface area contributed by atoms with Crippen LogP contribution in [0.2, 0.25) is 0 Å². The van der Waals surface area contributed by atoms with Gasteiger partial charge in [-0.3, -0.25) is 0 Å². The minimum absolute atomic E-state index is 0.488. The predicted molar refractivity (Wildman–Crippen MR) is 85.9 cm³/mol. The zero-order valence-corrected chi connectivity index (χ0v) is 14.1. The van der Waals surface area contributed by atoms with Gasteiger partial charge in [0.2, 0.25) is 0 Å². The largest absolute Gasteiger partial charge is 0.236 e. The van der Waals surface area contributed by atoms with Gasteiger partial charge >= 0.3 is 0 Å². The summed E-state index contributed by atoms with van der Waals surface area (Å²) in [6, 6.07) is 0. The third kappa shape index (κ3) is 4.99. The molecule has 0 atom stereocenters. The van der Waals surface area contributed by atoms with Crippen molar-refractivity contribution in [3.63, 3.8) is 0 Å². The fourth-order valence-electron chi connectivity index (χ4n) is 1.31. The first-order valence-electron chi connectivity index (χ1n) is 6.35. The summed E-state index contributed by atoms with van der Waals surface area (Å²) in [7, 11) is 0. The number of hydrogen-bond acceptors (Lipinski definition) is 2. The number of unbranched alkanes of at least 4 members (excludes halogenated alkanes) is 1. The normalized spacial score (nSPS) is 18.1. The van der Waals surface area contributed by atoms with Crippen molar-refractivity contribution in [1.82, 2.24) is 5.01 Å². The molecule has 0 aromatic rings. The summed E-state index contributed by atoms with van der Waals surface area (Å²) >= 11 is 9.48. The fraction of sp³-hybridized carbons (Fsp3) is 0.500. The van der Waals surface area contributed by atoms with Gasteiger partial charge in [0.15, 0.2) is 5.17 Å². The SMILES string of the molecule is C/C=C(/C)N1N=C(Cl)C=C(Br)/C1=C\CCC.CC. The molecule has 0 fully saturated rings. The highest BCUT2D eigenvalue weighted by molar-refractivity contribution is 9.12. The topological polar surface area (TPSA) is 15.6 Å². The average molecular weight is 334 g/mol. The number of allylic oxidation sites excluding steroid dienone is 5. The Bertz CT molecular complexity index is 381. The third-order valence-corrected chi connectivity index (χ3v) is 3.11. The van der Waals surface area contributed by atoms with E-state index in [-0.39, 0.29) is 0 Å². The second-order valence-corrected chi connectivity index (χ2v) is 4.78. The molecule has 0 unspecified atom stereocenters. The lowest BCUT2D eigenvalue weighted by Gasteiger charge is -2.26. The summed E-state index contributed by atoms with van der Waals surface area (Å²) < 4.78 is 0.974. The highest BCUT2D eigenvalue weighted by Crippen LogP contribution is 2.30. The summed E-state index contributed by atoms with van der Waals surface area (Å²) in [5.74, 6) is 0. The minimum Gasteiger partial charge on any atom is -0.236 e. The molecule has 1 aliphatic rings. The van der Waals surface area contributed by atoms with Crippen LogP contribution in [0.4, 0.5) is 0 Å². The lowest BCUT2D eigenvalue weighted by molar-refractivity contribution is 0.463. The molecular weight excluding hydrogens is 312 g/mol.